The summed E-state index contributed by atoms with van der Waals surface area (Å²) in [5, 5.41) is 0. The molecule has 1 aliphatic rings. The van der Waals surface area contributed by atoms with Gasteiger partial charge in [0.25, 0.3) is 0 Å². The highest BCUT2D eigenvalue weighted by Crippen LogP contribution is 2.18. The summed E-state index contributed by atoms with van der Waals surface area (Å²) < 4.78 is 13.7. The van der Waals surface area contributed by atoms with E-state index in [9.17, 15) is 0 Å². The second-order valence-corrected chi connectivity index (χ2v) is 5.76. The number of aryl methyl sites for hydroxylation is 1. The van der Waals surface area contributed by atoms with Crippen LogP contribution in [0, 0.1) is 0 Å². The fourth-order valence-electron chi connectivity index (χ4n) is 2.67. The molecule has 118 valence electrons. The van der Waals surface area contributed by atoms with Gasteiger partial charge in [0.05, 0.1) is 11.8 Å². The number of ether oxygens (including phenoxy) is 2. The van der Waals surface area contributed by atoms with Crippen molar-refractivity contribution in [2.45, 2.75) is 51.5 Å². The maximum atomic E-state index is 5.95. The summed E-state index contributed by atoms with van der Waals surface area (Å²) in [5.41, 5.74) is 2.07. The summed E-state index contributed by atoms with van der Waals surface area (Å²) in [6, 6.07) is 4.00. The van der Waals surface area contributed by atoms with Gasteiger partial charge in [-0.05, 0) is 44.7 Å². The number of hydrogen-bond donors (Lipinski definition) is 0. The zero-order chi connectivity index (χ0) is 15.2. The van der Waals surface area contributed by atoms with Crippen LogP contribution in [0.4, 0.5) is 0 Å². The van der Waals surface area contributed by atoms with E-state index in [0.29, 0.717) is 0 Å². The van der Waals surface area contributed by atoms with Gasteiger partial charge < -0.3 is 14.0 Å². The van der Waals surface area contributed by atoms with Crippen LogP contribution in [0.25, 0.3) is 11.3 Å². The van der Waals surface area contributed by atoms with Gasteiger partial charge in [0.1, 0.15) is 6.33 Å². The summed E-state index contributed by atoms with van der Waals surface area (Å²) in [7, 11) is 0. The third kappa shape index (κ3) is 4.15. The Morgan fingerprint density at radius 2 is 2.36 bits per heavy atom. The molecular formula is C17H23N3O2. The fraction of sp³-hybridized carbons (Fsp3) is 0.529. The molecular weight excluding hydrogens is 278 g/mol. The van der Waals surface area contributed by atoms with Gasteiger partial charge in [-0.3, -0.25) is 0 Å². The minimum Gasteiger partial charge on any atom is -0.353 e. The first-order valence-electron chi connectivity index (χ1n) is 8.00. The Balaban J connectivity index is 1.48. The Hall–Kier alpha value is -1.72. The molecule has 3 heterocycles. The largest absolute Gasteiger partial charge is 0.353 e. The average molecular weight is 301 g/mol. The smallest absolute Gasteiger partial charge is 0.157 e. The van der Waals surface area contributed by atoms with E-state index in [0.717, 1.165) is 43.7 Å². The highest BCUT2D eigenvalue weighted by atomic mass is 16.7. The Morgan fingerprint density at radius 1 is 1.41 bits per heavy atom. The standard InChI is InChI=1S/C17H23N3O2/c1-14(22-17-4-2-3-11-21-17)6-9-20-10-7-15(12-20)16-5-8-18-13-19-16/h5,7-8,10,12-14,17H,2-4,6,9,11H2,1H3. The number of rotatable bonds is 6. The van der Waals surface area contributed by atoms with E-state index in [1.807, 2.05) is 6.07 Å². The van der Waals surface area contributed by atoms with Crippen molar-refractivity contribution < 1.29 is 9.47 Å². The number of aromatic nitrogens is 3. The van der Waals surface area contributed by atoms with Crippen molar-refractivity contribution >= 4 is 0 Å². The van der Waals surface area contributed by atoms with Crippen molar-refractivity contribution in [3.8, 4) is 11.3 Å². The molecule has 0 saturated carbocycles. The second-order valence-electron chi connectivity index (χ2n) is 5.76. The van der Waals surface area contributed by atoms with Crippen molar-refractivity contribution in [2.75, 3.05) is 6.61 Å². The second kappa shape index (κ2) is 7.51. The van der Waals surface area contributed by atoms with Crippen molar-refractivity contribution in [3.05, 3.63) is 37.1 Å². The summed E-state index contributed by atoms with van der Waals surface area (Å²) >= 11 is 0. The lowest BCUT2D eigenvalue weighted by molar-refractivity contribution is -0.185. The van der Waals surface area contributed by atoms with Crippen LogP contribution in [0.3, 0.4) is 0 Å². The summed E-state index contributed by atoms with van der Waals surface area (Å²) in [6.07, 6.45) is 12.1. The monoisotopic (exact) mass is 301 g/mol. The highest BCUT2D eigenvalue weighted by molar-refractivity contribution is 5.57. The van der Waals surface area contributed by atoms with Crippen LogP contribution in [-0.4, -0.2) is 33.5 Å². The summed E-state index contributed by atoms with van der Waals surface area (Å²) in [5.74, 6) is 0. The molecule has 5 heteroatoms. The molecule has 3 rings (SSSR count). The molecule has 0 bridgehead atoms. The third-order valence-electron chi connectivity index (χ3n) is 3.94. The number of hydrogen-bond acceptors (Lipinski definition) is 4. The Bertz CT molecular complexity index is 564. The normalized spacial score (nSPS) is 20.0. The molecule has 1 aliphatic heterocycles. The van der Waals surface area contributed by atoms with Gasteiger partial charge >= 0.3 is 0 Å². The van der Waals surface area contributed by atoms with Crippen molar-refractivity contribution in [1.29, 1.82) is 0 Å². The van der Waals surface area contributed by atoms with E-state index in [2.05, 4.69) is 39.9 Å². The Kier molecular flexibility index (Phi) is 5.19. The maximum absolute atomic E-state index is 5.95. The zero-order valence-electron chi connectivity index (χ0n) is 13.0. The molecule has 22 heavy (non-hydrogen) atoms. The molecule has 0 aliphatic carbocycles. The molecule has 1 fully saturated rings. The molecule has 0 amide bonds. The predicted octanol–water partition coefficient (Wildman–Crippen LogP) is 3.27. The predicted molar refractivity (Wildman–Crippen MR) is 84.2 cm³/mol. The molecule has 2 aromatic rings. The first kappa shape index (κ1) is 15.2. The van der Waals surface area contributed by atoms with Crippen molar-refractivity contribution in [3.63, 3.8) is 0 Å². The molecule has 2 atom stereocenters. The van der Waals surface area contributed by atoms with E-state index in [-0.39, 0.29) is 12.4 Å². The van der Waals surface area contributed by atoms with E-state index in [4.69, 9.17) is 9.47 Å². The zero-order valence-corrected chi connectivity index (χ0v) is 13.0. The first-order valence-corrected chi connectivity index (χ1v) is 8.00. The molecule has 0 N–H and O–H groups in total. The first-order chi connectivity index (χ1) is 10.8. The maximum Gasteiger partial charge on any atom is 0.157 e. The molecule has 0 spiro atoms. The third-order valence-corrected chi connectivity index (χ3v) is 3.94. The van der Waals surface area contributed by atoms with Gasteiger partial charge in [0, 0.05) is 37.3 Å². The van der Waals surface area contributed by atoms with E-state index in [1.165, 1.54) is 6.42 Å². The minimum absolute atomic E-state index is 0.00927. The lowest BCUT2D eigenvalue weighted by atomic mass is 10.2. The molecule has 0 aromatic carbocycles. The quantitative estimate of drug-likeness (QED) is 0.821. The Morgan fingerprint density at radius 3 is 3.14 bits per heavy atom. The van der Waals surface area contributed by atoms with Crippen LogP contribution in [0.1, 0.15) is 32.6 Å². The van der Waals surface area contributed by atoms with E-state index < -0.39 is 0 Å². The fourth-order valence-corrected chi connectivity index (χ4v) is 2.67. The van der Waals surface area contributed by atoms with Crippen LogP contribution >= 0.6 is 0 Å². The van der Waals surface area contributed by atoms with Crippen LogP contribution < -0.4 is 0 Å². The lowest BCUT2D eigenvalue weighted by Gasteiger charge is -2.26. The molecule has 5 nitrogen and oxygen atoms in total. The van der Waals surface area contributed by atoms with Crippen LogP contribution in [0.5, 0.6) is 0 Å². The molecule has 0 radical (unpaired) electrons. The van der Waals surface area contributed by atoms with Gasteiger partial charge in [-0.15, -0.1) is 0 Å². The topological polar surface area (TPSA) is 49.2 Å². The van der Waals surface area contributed by atoms with Gasteiger partial charge in [-0.1, -0.05) is 0 Å². The van der Waals surface area contributed by atoms with Gasteiger partial charge in [0.15, 0.2) is 6.29 Å². The van der Waals surface area contributed by atoms with Gasteiger partial charge in [0.2, 0.25) is 0 Å². The average Bonchev–Trinajstić information content (AvgIpc) is 3.04. The van der Waals surface area contributed by atoms with Crippen LogP contribution in [-0.2, 0) is 16.0 Å². The highest BCUT2D eigenvalue weighted by Gasteiger charge is 2.17. The Labute approximate surface area is 131 Å². The van der Waals surface area contributed by atoms with E-state index >= 15 is 0 Å². The van der Waals surface area contributed by atoms with Crippen molar-refractivity contribution in [1.82, 2.24) is 14.5 Å². The van der Waals surface area contributed by atoms with Crippen LogP contribution in [0.15, 0.2) is 37.1 Å². The lowest BCUT2D eigenvalue weighted by Crippen LogP contribution is -2.27. The minimum atomic E-state index is -0.00927. The van der Waals surface area contributed by atoms with Crippen molar-refractivity contribution in [2.24, 2.45) is 0 Å². The molecule has 2 aromatic heterocycles. The van der Waals surface area contributed by atoms with Gasteiger partial charge in [-0.25, -0.2) is 9.97 Å². The molecule has 2 unspecified atom stereocenters. The summed E-state index contributed by atoms with van der Waals surface area (Å²) in [4.78, 5) is 8.22. The number of nitrogens with zero attached hydrogens (tertiary/aromatic N) is 3. The molecule has 1 saturated heterocycles. The van der Waals surface area contributed by atoms with E-state index in [1.54, 1.807) is 12.5 Å². The van der Waals surface area contributed by atoms with Crippen LogP contribution in [0.2, 0.25) is 0 Å². The van der Waals surface area contributed by atoms with Gasteiger partial charge in [-0.2, -0.15) is 0 Å². The SMILES string of the molecule is CC(CCn1ccc(-c2ccncn2)c1)OC1CCCCO1. The summed E-state index contributed by atoms with van der Waals surface area (Å²) in [6.45, 7) is 3.88.